The van der Waals surface area contributed by atoms with Gasteiger partial charge in [0.25, 0.3) is 11.5 Å². The van der Waals surface area contributed by atoms with Crippen molar-refractivity contribution in [3.8, 4) is 11.8 Å². The van der Waals surface area contributed by atoms with Crippen LogP contribution in [0.5, 0.6) is 5.75 Å². The molecule has 1 saturated heterocycles. The maximum Gasteiger partial charge on any atom is 0.321 e. The van der Waals surface area contributed by atoms with Crippen molar-refractivity contribution in [3.63, 3.8) is 0 Å². The Balaban J connectivity index is 1.30. The van der Waals surface area contributed by atoms with Crippen LogP contribution in [0.15, 0.2) is 65.5 Å². The van der Waals surface area contributed by atoms with Crippen molar-refractivity contribution in [2.24, 2.45) is 5.92 Å². The number of piperidine rings is 1. The molecule has 9 nitrogen and oxygen atoms in total. The van der Waals surface area contributed by atoms with Crippen molar-refractivity contribution in [3.05, 3.63) is 87.8 Å². The zero-order valence-corrected chi connectivity index (χ0v) is 19.7. The lowest BCUT2D eigenvalue weighted by atomic mass is 9.83. The number of pyridine rings is 1. The summed E-state index contributed by atoms with van der Waals surface area (Å²) in [4.78, 5) is 40.6. The number of rotatable bonds is 4. The standard InChI is InChI=1S/C27H25N5O4/c1-36-22-8-6-21(7-9-22)29-27(35)31-14-18-12-20(16-31)24-11-10-23(26(34)32(24)15-18)30-25(33)19-4-2-17(13-28)3-5-19/h2-11,18,20H,12,14-16H2,1H3,(H,29,35)(H,30,33)/t18-,20-/m1/s1. The third kappa shape index (κ3) is 4.53. The van der Waals surface area contributed by atoms with Crippen LogP contribution in [0, 0.1) is 17.2 Å². The summed E-state index contributed by atoms with van der Waals surface area (Å²) in [6.07, 6.45) is 0.905. The van der Waals surface area contributed by atoms with E-state index in [9.17, 15) is 14.4 Å². The smallest absolute Gasteiger partial charge is 0.321 e. The van der Waals surface area contributed by atoms with E-state index in [-0.39, 0.29) is 29.1 Å². The number of carbonyl (C=O) groups is 2. The predicted molar refractivity (Wildman–Crippen MR) is 134 cm³/mol. The number of likely N-dealkylation sites (tertiary alicyclic amines) is 1. The summed E-state index contributed by atoms with van der Waals surface area (Å²) in [5, 5.41) is 14.6. The number of anilines is 2. The highest BCUT2D eigenvalue weighted by atomic mass is 16.5. The number of methoxy groups -OCH3 is 1. The molecule has 0 spiro atoms. The minimum Gasteiger partial charge on any atom is -0.497 e. The monoisotopic (exact) mass is 483 g/mol. The Morgan fingerprint density at radius 3 is 2.42 bits per heavy atom. The Morgan fingerprint density at radius 1 is 0.972 bits per heavy atom. The maximum absolute atomic E-state index is 13.2. The van der Waals surface area contributed by atoms with E-state index in [4.69, 9.17) is 10.00 Å². The molecule has 0 unspecified atom stereocenters. The number of nitrogens with zero attached hydrogens (tertiary/aromatic N) is 3. The van der Waals surface area contributed by atoms with Crippen molar-refractivity contribution >= 4 is 23.3 Å². The van der Waals surface area contributed by atoms with Gasteiger partial charge in [0, 0.05) is 42.5 Å². The lowest BCUT2D eigenvalue weighted by molar-refractivity contribution is 0.102. The normalized spacial score (nSPS) is 17.9. The van der Waals surface area contributed by atoms with E-state index in [2.05, 4.69) is 10.6 Å². The van der Waals surface area contributed by atoms with Crippen molar-refractivity contribution in [1.82, 2.24) is 9.47 Å². The van der Waals surface area contributed by atoms with E-state index in [0.717, 1.165) is 17.9 Å². The molecule has 2 N–H and O–H groups in total. The van der Waals surface area contributed by atoms with Crippen molar-refractivity contribution in [1.29, 1.82) is 5.26 Å². The van der Waals surface area contributed by atoms with Gasteiger partial charge in [-0.15, -0.1) is 0 Å². The first kappa shape index (κ1) is 23.2. The molecule has 3 amide bonds. The largest absolute Gasteiger partial charge is 0.497 e. The summed E-state index contributed by atoms with van der Waals surface area (Å²) in [6, 6.07) is 18.7. The highest BCUT2D eigenvalue weighted by Crippen LogP contribution is 2.35. The van der Waals surface area contributed by atoms with Gasteiger partial charge in [-0.2, -0.15) is 5.26 Å². The van der Waals surface area contributed by atoms with E-state index in [1.165, 1.54) is 0 Å². The number of urea groups is 1. The lowest BCUT2D eigenvalue weighted by Crippen LogP contribution is -2.50. The fourth-order valence-corrected chi connectivity index (χ4v) is 4.97. The molecular formula is C27H25N5O4. The van der Waals surface area contributed by atoms with Gasteiger partial charge >= 0.3 is 6.03 Å². The molecule has 2 aromatic carbocycles. The average Bonchev–Trinajstić information content (AvgIpc) is 2.91. The van der Waals surface area contributed by atoms with Crippen LogP contribution < -0.4 is 20.9 Å². The molecule has 5 rings (SSSR count). The fraction of sp³-hybridized carbons (Fsp3) is 0.259. The third-order valence-electron chi connectivity index (χ3n) is 6.76. The van der Waals surface area contributed by atoms with Crippen LogP contribution in [0.25, 0.3) is 0 Å². The van der Waals surface area contributed by atoms with Gasteiger partial charge in [-0.1, -0.05) is 0 Å². The van der Waals surface area contributed by atoms with Crippen molar-refractivity contribution in [2.45, 2.75) is 18.9 Å². The highest BCUT2D eigenvalue weighted by molar-refractivity contribution is 6.04. The fourth-order valence-electron chi connectivity index (χ4n) is 4.97. The summed E-state index contributed by atoms with van der Waals surface area (Å²) in [6.45, 7) is 1.54. The second-order valence-electron chi connectivity index (χ2n) is 9.09. The zero-order valence-electron chi connectivity index (χ0n) is 19.7. The zero-order chi connectivity index (χ0) is 25.2. The predicted octanol–water partition coefficient (Wildman–Crippen LogP) is 3.63. The number of carbonyl (C=O) groups excluding carboxylic acids is 2. The van der Waals surface area contributed by atoms with Crippen molar-refractivity contribution in [2.75, 3.05) is 30.8 Å². The minimum absolute atomic E-state index is 0.0371. The molecular weight excluding hydrogens is 458 g/mol. The van der Waals surface area contributed by atoms with Crippen LogP contribution in [-0.4, -0.2) is 41.6 Å². The van der Waals surface area contributed by atoms with E-state index in [1.54, 1.807) is 71.2 Å². The number of nitriles is 1. The number of aromatic nitrogens is 1. The van der Waals surface area contributed by atoms with Crippen LogP contribution in [0.1, 0.15) is 34.0 Å². The van der Waals surface area contributed by atoms with E-state index >= 15 is 0 Å². The molecule has 1 fully saturated rings. The number of nitrogens with one attached hydrogen (secondary N) is 2. The minimum atomic E-state index is -0.408. The highest BCUT2D eigenvalue weighted by Gasteiger charge is 2.36. The number of hydrogen-bond donors (Lipinski definition) is 2. The number of ether oxygens (including phenoxy) is 1. The quantitative estimate of drug-likeness (QED) is 0.588. The van der Waals surface area contributed by atoms with Gasteiger partial charge < -0.3 is 24.8 Å². The molecule has 182 valence electrons. The number of benzene rings is 2. The summed E-state index contributed by atoms with van der Waals surface area (Å²) in [5.74, 6) is 0.486. The Hall–Kier alpha value is -4.58. The second-order valence-corrected chi connectivity index (χ2v) is 9.09. The first-order chi connectivity index (χ1) is 17.4. The van der Waals surface area contributed by atoms with Crippen LogP contribution in [0.3, 0.4) is 0 Å². The van der Waals surface area contributed by atoms with E-state index in [1.807, 2.05) is 12.1 Å². The van der Waals surface area contributed by atoms with E-state index in [0.29, 0.717) is 36.4 Å². The average molecular weight is 484 g/mol. The molecule has 2 atom stereocenters. The topological polar surface area (TPSA) is 116 Å². The van der Waals surface area contributed by atoms with Gasteiger partial charge in [-0.25, -0.2) is 4.79 Å². The number of amides is 3. The maximum atomic E-state index is 13.2. The molecule has 0 saturated carbocycles. The Bertz CT molecular complexity index is 1410. The number of hydrogen-bond acceptors (Lipinski definition) is 5. The molecule has 3 heterocycles. The van der Waals surface area contributed by atoms with Gasteiger partial charge in [0.15, 0.2) is 0 Å². The Labute approximate surface area is 207 Å². The van der Waals surface area contributed by atoms with Gasteiger partial charge in [0.2, 0.25) is 0 Å². The summed E-state index contributed by atoms with van der Waals surface area (Å²) in [5.41, 5.74) is 2.35. The summed E-state index contributed by atoms with van der Waals surface area (Å²) in [7, 11) is 1.59. The molecule has 9 heteroatoms. The van der Waals surface area contributed by atoms with Crippen LogP contribution >= 0.6 is 0 Å². The van der Waals surface area contributed by atoms with Gasteiger partial charge in [0.05, 0.1) is 18.7 Å². The molecule has 2 aliphatic rings. The van der Waals surface area contributed by atoms with E-state index < -0.39 is 5.91 Å². The lowest BCUT2D eigenvalue weighted by Gasteiger charge is -2.42. The van der Waals surface area contributed by atoms with Crippen LogP contribution in [0.4, 0.5) is 16.2 Å². The molecule has 0 aliphatic carbocycles. The first-order valence-corrected chi connectivity index (χ1v) is 11.7. The third-order valence-corrected chi connectivity index (χ3v) is 6.76. The van der Waals surface area contributed by atoms with Crippen LogP contribution in [0.2, 0.25) is 0 Å². The molecule has 1 aromatic heterocycles. The summed E-state index contributed by atoms with van der Waals surface area (Å²) < 4.78 is 6.89. The van der Waals surface area contributed by atoms with Gasteiger partial charge in [0.1, 0.15) is 11.4 Å². The molecule has 36 heavy (non-hydrogen) atoms. The van der Waals surface area contributed by atoms with Gasteiger partial charge in [-0.3, -0.25) is 9.59 Å². The molecule has 2 aliphatic heterocycles. The Morgan fingerprint density at radius 2 is 1.72 bits per heavy atom. The van der Waals surface area contributed by atoms with Crippen LogP contribution in [-0.2, 0) is 6.54 Å². The SMILES string of the molecule is COc1ccc(NC(=O)N2C[C@H]3C[C@H](C2)c2ccc(NC(=O)c4ccc(C#N)cc4)c(=O)n2C3)cc1. The molecule has 2 bridgehead atoms. The van der Waals surface area contributed by atoms with Gasteiger partial charge in [-0.05, 0) is 73.0 Å². The second kappa shape index (κ2) is 9.58. The van der Waals surface area contributed by atoms with Crippen molar-refractivity contribution < 1.29 is 14.3 Å². The molecule has 0 radical (unpaired) electrons. The number of fused-ring (bicyclic) bond motifs is 4. The summed E-state index contributed by atoms with van der Waals surface area (Å²) >= 11 is 0. The first-order valence-electron chi connectivity index (χ1n) is 11.7. The Kier molecular flexibility index (Phi) is 6.17. The molecule has 3 aromatic rings.